The van der Waals surface area contributed by atoms with Gasteiger partial charge >= 0.3 is 0 Å². The molecule has 0 saturated heterocycles. The Balaban J connectivity index is 1.92. The zero-order chi connectivity index (χ0) is 20.1. The number of rotatable bonds is 6. The number of hydrogen-bond donors (Lipinski definition) is 1. The first-order chi connectivity index (χ1) is 13.5. The van der Waals surface area contributed by atoms with E-state index in [1.807, 2.05) is 24.3 Å². The molecule has 0 aliphatic carbocycles. The number of nitrogens with zero attached hydrogens (tertiary/aromatic N) is 1. The van der Waals surface area contributed by atoms with Crippen molar-refractivity contribution in [2.45, 2.75) is 13.3 Å². The second kappa shape index (κ2) is 8.77. The lowest BCUT2D eigenvalue weighted by Gasteiger charge is -2.15. The van der Waals surface area contributed by atoms with Crippen molar-refractivity contribution >= 4 is 15.9 Å². The Kier molecular flexibility index (Phi) is 6.17. The van der Waals surface area contributed by atoms with Crippen LogP contribution in [0.3, 0.4) is 0 Å². The standard InChI is InChI=1S/C22H19BrN2O3/c1-14-10-16(18(13-24)22(26)25-14)17-11-20(27-2)21(12-19(17)23)28-9-8-15-6-4-3-5-7-15/h3-7,10-12H,8-9H2,1-2H3,(H,25,26). The molecule has 0 radical (unpaired) electrons. The van der Waals surface area contributed by atoms with E-state index in [-0.39, 0.29) is 5.56 Å². The van der Waals surface area contributed by atoms with Crippen LogP contribution < -0.4 is 15.0 Å². The summed E-state index contributed by atoms with van der Waals surface area (Å²) in [5.74, 6) is 1.13. The number of aromatic amines is 1. The van der Waals surface area contributed by atoms with Gasteiger partial charge in [-0.3, -0.25) is 4.79 Å². The van der Waals surface area contributed by atoms with Crippen LogP contribution in [-0.4, -0.2) is 18.7 Å². The quantitative estimate of drug-likeness (QED) is 0.609. The molecule has 0 fully saturated rings. The van der Waals surface area contributed by atoms with E-state index in [1.54, 1.807) is 32.2 Å². The van der Waals surface area contributed by atoms with Gasteiger partial charge in [-0.25, -0.2) is 0 Å². The summed E-state index contributed by atoms with van der Waals surface area (Å²) >= 11 is 3.54. The third-order valence-electron chi connectivity index (χ3n) is 4.31. The lowest BCUT2D eigenvalue weighted by atomic mass is 10.0. The van der Waals surface area contributed by atoms with Crippen LogP contribution in [0.15, 0.2) is 57.8 Å². The van der Waals surface area contributed by atoms with Gasteiger partial charge in [0, 0.05) is 27.7 Å². The lowest BCUT2D eigenvalue weighted by molar-refractivity contribution is 0.297. The summed E-state index contributed by atoms with van der Waals surface area (Å²) in [6.07, 6.45) is 0.773. The highest BCUT2D eigenvalue weighted by molar-refractivity contribution is 9.10. The van der Waals surface area contributed by atoms with E-state index in [1.165, 1.54) is 5.56 Å². The maximum absolute atomic E-state index is 12.1. The Bertz CT molecular complexity index is 1090. The van der Waals surface area contributed by atoms with E-state index >= 15 is 0 Å². The molecule has 142 valence electrons. The van der Waals surface area contributed by atoms with Crippen LogP contribution in [0.4, 0.5) is 0 Å². The summed E-state index contributed by atoms with van der Waals surface area (Å²) in [4.78, 5) is 14.8. The summed E-state index contributed by atoms with van der Waals surface area (Å²) in [6, 6.07) is 17.4. The van der Waals surface area contributed by atoms with Crippen LogP contribution in [0.2, 0.25) is 0 Å². The number of benzene rings is 2. The van der Waals surface area contributed by atoms with Crippen molar-refractivity contribution in [1.29, 1.82) is 5.26 Å². The number of H-pyrrole nitrogens is 1. The van der Waals surface area contributed by atoms with Crippen molar-refractivity contribution in [3.8, 4) is 28.7 Å². The Labute approximate surface area is 171 Å². The average Bonchev–Trinajstić information content (AvgIpc) is 2.68. The Morgan fingerprint density at radius 1 is 1.11 bits per heavy atom. The Morgan fingerprint density at radius 2 is 1.86 bits per heavy atom. The average molecular weight is 439 g/mol. The molecule has 0 amide bonds. The first-order valence-corrected chi connectivity index (χ1v) is 9.51. The minimum atomic E-state index is -0.411. The monoisotopic (exact) mass is 438 g/mol. The smallest absolute Gasteiger partial charge is 0.266 e. The molecule has 3 rings (SSSR count). The van der Waals surface area contributed by atoms with Crippen LogP contribution in [0, 0.1) is 18.3 Å². The SMILES string of the molecule is COc1cc(-c2cc(C)[nH]c(=O)c2C#N)c(Br)cc1OCCc1ccccc1. The number of nitriles is 1. The van der Waals surface area contributed by atoms with E-state index in [9.17, 15) is 10.1 Å². The van der Waals surface area contributed by atoms with Crippen molar-refractivity contribution in [3.63, 3.8) is 0 Å². The highest BCUT2D eigenvalue weighted by atomic mass is 79.9. The number of ether oxygens (including phenoxy) is 2. The molecule has 1 heterocycles. The van der Waals surface area contributed by atoms with Crippen molar-refractivity contribution in [2.24, 2.45) is 0 Å². The number of halogens is 1. The summed E-state index contributed by atoms with van der Waals surface area (Å²) in [5, 5.41) is 9.41. The summed E-state index contributed by atoms with van der Waals surface area (Å²) < 4.78 is 12.1. The van der Waals surface area contributed by atoms with Crippen LogP contribution in [0.5, 0.6) is 11.5 Å². The summed E-state index contributed by atoms with van der Waals surface area (Å²) in [7, 11) is 1.56. The molecular weight excluding hydrogens is 420 g/mol. The van der Waals surface area contributed by atoms with Gasteiger partial charge in [0.2, 0.25) is 0 Å². The highest BCUT2D eigenvalue weighted by Crippen LogP contribution is 2.39. The first-order valence-electron chi connectivity index (χ1n) is 8.72. The van der Waals surface area contributed by atoms with E-state index in [0.29, 0.717) is 39.4 Å². The second-order valence-corrected chi connectivity index (χ2v) is 7.10. The number of aryl methyl sites for hydroxylation is 1. The van der Waals surface area contributed by atoms with E-state index in [4.69, 9.17) is 9.47 Å². The molecule has 0 saturated carbocycles. The molecule has 0 atom stereocenters. The van der Waals surface area contributed by atoms with Crippen LogP contribution in [0.1, 0.15) is 16.8 Å². The van der Waals surface area contributed by atoms with Gasteiger partial charge in [-0.05, 0) is 30.7 Å². The van der Waals surface area contributed by atoms with E-state index in [0.717, 1.165) is 6.42 Å². The summed E-state index contributed by atoms with van der Waals surface area (Å²) in [6.45, 7) is 2.28. The van der Waals surface area contributed by atoms with Gasteiger partial charge in [0.05, 0.1) is 13.7 Å². The van der Waals surface area contributed by atoms with Crippen LogP contribution in [0.25, 0.3) is 11.1 Å². The normalized spacial score (nSPS) is 10.4. The maximum atomic E-state index is 12.1. The zero-order valence-electron chi connectivity index (χ0n) is 15.6. The van der Waals surface area contributed by atoms with Gasteiger partial charge in [0.15, 0.2) is 11.5 Å². The molecule has 5 nitrogen and oxygen atoms in total. The topological polar surface area (TPSA) is 75.1 Å². The molecular formula is C22H19BrN2O3. The second-order valence-electron chi connectivity index (χ2n) is 6.25. The number of methoxy groups -OCH3 is 1. The van der Waals surface area contributed by atoms with E-state index in [2.05, 4.69) is 33.0 Å². The van der Waals surface area contributed by atoms with E-state index < -0.39 is 5.56 Å². The van der Waals surface area contributed by atoms with Gasteiger partial charge in [-0.15, -0.1) is 0 Å². The number of pyridine rings is 1. The van der Waals surface area contributed by atoms with Crippen LogP contribution in [-0.2, 0) is 6.42 Å². The fourth-order valence-corrected chi connectivity index (χ4v) is 3.49. The zero-order valence-corrected chi connectivity index (χ0v) is 17.2. The van der Waals surface area contributed by atoms with Gasteiger partial charge in [-0.1, -0.05) is 46.3 Å². The molecule has 28 heavy (non-hydrogen) atoms. The first kappa shape index (κ1) is 19.7. The predicted molar refractivity (Wildman–Crippen MR) is 112 cm³/mol. The molecule has 0 bridgehead atoms. The maximum Gasteiger partial charge on any atom is 0.266 e. The van der Waals surface area contributed by atoms with Crippen molar-refractivity contribution in [1.82, 2.24) is 4.98 Å². The van der Waals surface area contributed by atoms with Crippen molar-refractivity contribution in [2.75, 3.05) is 13.7 Å². The number of nitrogens with one attached hydrogen (secondary N) is 1. The lowest BCUT2D eigenvalue weighted by Crippen LogP contribution is -2.13. The number of hydrogen-bond acceptors (Lipinski definition) is 4. The molecule has 0 spiro atoms. The molecule has 2 aromatic carbocycles. The molecule has 1 aromatic heterocycles. The molecule has 3 aromatic rings. The third kappa shape index (κ3) is 4.26. The Hall–Kier alpha value is -3.04. The van der Waals surface area contributed by atoms with Crippen LogP contribution >= 0.6 is 15.9 Å². The van der Waals surface area contributed by atoms with Gasteiger partial charge in [0.1, 0.15) is 11.6 Å². The summed E-state index contributed by atoms with van der Waals surface area (Å²) in [5.41, 5.74) is 2.75. The predicted octanol–water partition coefficient (Wildman–Crippen LogP) is 4.61. The molecule has 1 N–H and O–H groups in total. The van der Waals surface area contributed by atoms with Gasteiger partial charge < -0.3 is 14.5 Å². The van der Waals surface area contributed by atoms with Gasteiger partial charge in [-0.2, -0.15) is 5.26 Å². The minimum absolute atomic E-state index is 0.0612. The Morgan fingerprint density at radius 3 is 2.54 bits per heavy atom. The molecule has 0 aliphatic rings. The number of aromatic nitrogens is 1. The van der Waals surface area contributed by atoms with Crippen molar-refractivity contribution < 1.29 is 9.47 Å². The third-order valence-corrected chi connectivity index (χ3v) is 4.97. The largest absolute Gasteiger partial charge is 0.493 e. The molecule has 6 heteroatoms. The molecule has 0 unspecified atom stereocenters. The van der Waals surface area contributed by atoms with Crippen molar-refractivity contribution in [3.05, 3.63) is 80.2 Å². The highest BCUT2D eigenvalue weighted by Gasteiger charge is 2.17. The fraction of sp³-hybridized carbons (Fsp3) is 0.182. The fourth-order valence-electron chi connectivity index (χ4n) is 2.95. The molecule has 0 aliphatic heterocycles. The minimum Gasteiger partial charge on any atom is -0.493 e. The van der Waals surface area contributed by atoms with Gasteiger partial charge in [0.25, 0.3) is 5.56 Å².